The molecule has 14 nitrogen and oxygen atoms in total. The van der Waals surface area contributed by atoms with Crippen LogP contribution in [0.25, 0.3) is 0 Å². The summed E-state index contributed by atoms with van der Waals surface area (Å²) in [6, 6.07) is 24.1. The number of carbonyl (C=O) groups is 7. The average molecular weight is 784 g/mol. The standard InChI is InChI=1S/C43H53N5O9/c1-41(2,3)56-39(54)32(22-25-34(44)49)46-37(52)31(45-38(53)33-24-27-36(51)48(33)40(55)57-42(4,5)6)23-26-35(50)47-43(28-16-10-7-11-17-28,29-18-12-8-13-19-29)30-20-14-9-15-21-30/h7-21,31-33H,22-27H2,1-6H3,(H2,44,49)(H,45,53)(H,46,52)(H,47,50)/t31-,32-,33-/m0/s1. The van der Waals surface area contributed by atoms with E-state index in [1.165, 1.54) is 0 Å². The highest BCUT2D eigenvalue weighted by Crippen LogP contribution is 2.37. The molecule has 0 bridgehead atoms. The van der Waals surface area contributed by atoms with Gasteiger partial charge in [-0.1, -0.05) is 91.0 Å². The van der Waals surface area contributed by atoms with E-state index in [1.54, 1.807) is 41.5 Å². The Morgan fingerprint density at radius 3 is 1.63 bits per heavy atom. The second-order valence-electron chi connectivity index (χ2n) is 15.9. The van der Waals surface area contributed by atoms with Gasteiger partial charge in [0.05, 0.1) is 0 Å². The number of amides is 6. The first-order chi connectivity index (χ1) is 26.8. The Hall–Kier alpha value is -6.05. The number of imide groups is 1. The molecule has 1 aliphatic rings. The van der Waals surface area contributed by atoms with Crippen molar-refractivity contribution < 1.29 is 43.0 Å². The van der Waals surface area contributed by atoms with Crippen molar-refractivity contribution in [3.05, 3.63) is 108 Å². The molecule has 0 spiro atoms. The normalized spacial score (nSPS) is 15.5. The summed E-state index contributed by atoms with van der Waals surface area (Å²) < 4.78 is 10.9. The molecule has 1 saturated heterocycles. The number of ether oxygens (including phenoxy) is 2. The van der Waals surface area contributed by atoms with E-state index in [0.29, 0.717) is 0 Å². The summed E-state index contributed by atoms with van der Waals surface area (Å²) in [4.78, 5) is 93.7. The zero-order valence-electron chi connectivity index (χ0n) is 33.3. The van der Waals surface area contributed by atoms with Gasteiger partial charge in [-0.15, -0.1) is 0 Å². The maximum atomic E-state index is 14.2. The highest BCUT2D eigenvalue weighted by atomic mass is 16.6. The number of esters is 1. The van der Waals surface area contributed by atoms with Gasteiger partial charge < -0.3 is 31.2 Å². The van der Waals surface area contributed by atoms with E-state index in [-0.39, 0.29) is 38.5 Å². The van der Waals surface area contributed by atoms with Gasteiger partial charge in [-0.2, -0.15) is 0 Å². The van der Waals surface area contributed by atoms with Crippen molar-refractivity contribution in [3.63, 3.8) is 0 Å². The van der Waals surface area contributed by atoms with Crippen LogP contribution in [-0.4, -0.2) is 75.8 Å². The average Bonchev–Trinajstić information content (AvgIpc) is 3.55. The van der Waals surface area contributed by atoms with Crippen LogP contribution in [0.15, 0.2) is 91.0 Å². The quantitative estimate of drug-likeness (QED) is 0.127. The van der Waals surface area contributed by atoms with Gasteiger partial charge in [0.25, 0.3) is 0 Å². The highest BCUT2D eigenvalue weighted by molar-refractivity contribution is 6.02. The molecular formula is C43H53N5O9. The van der Waals surface area contributed by atoms with E-state index in [0.717, 1.165) is 21.6 Å². The maximum absolute atomic E-state index is 14.2. The first kappa shape index (κ1) is 43.7. The number of hydrogen-bond donors (Lipinski definition) is 4. The molecule has 6 amide bonds. The Bertz CT molecular complexity index is 1810. The van der Waals surface area contributed by atoms with Gasteiger partial charge in [0.15, 0.2) is 0 Å². The molecule has 1 heterocycles. The molecule has 1 aliphatic heterocycles. The summed E-state index contributed by atoms with van der Waals surface area (Å²) in [5.74, 6) is -4.37. The molecular weight excluding hydrogens is 730 g/mol. The van der Waals surface area contributed by atoms with Crippen LogP contribution >= 0.6 is 0 Å². The predicted octanol–water partition coefficient (Wildman–Crippen LogP) is 4.38. The highest BCUT2D eigenvalue weighted by Gasteiger charge is 2.44. The summed E-state index contributed by atoms with van der Waals surface area (Å²) in [5.41, 5.74) is 4.58. The molecule has 0 aliphatic carbocycles. The summed E-state index contributed by atoms with van der Waals surface area (Å²) in [5, 5.41) is 8.42. The third kappa shape index (κ3) is 12.0. The summed E-state index contributed by atoms with van der Waals surface area (Å²) >= 11 is 0. The van der Waals surface area contributed by atoms with Gasteiger partial charge in [-0.25, -0.2) is 14.5 Å². The van der Waals surface area contributed by atoms with Crippen molar-refractivity contribution in [2.24, 2.45) is 5.73 Å². The minimum absolute atomic E-state index is 0.0361. The van der Waals surface area contributed by atoms with Crippen LogP contribution in [0.3, 0.4) is 0 Å². The molecule has 3 aromatic carbocycles. The van der Waals surface area contributed by atoms with Crippen LogP contribution in [0.4, 0.5) is 4.79 Å². The summed E-state index contributed by atoms with van der Waals surface area (Å²) in [6.07, 6.45) is -2.21. The van der Waals surface area contributed by atoms with Crippen molar-refractivity contribution in [1.29, 1.82) is 0 Å². The second-order valence-corrected chi connectivity index (χ2v) is 15.9. The van der Waals surface area contributed by atoms with Crippen LogP contribution in [0, 0.1) is 0 Å². The molecule has 5 N–H and O–H groups in total. The second kappa shape index (κ2) is 18.7. The van der Waals surface area contributed by atoms with Gasteiger partial charge in [0.2, 0.25) is 29.5 Å². The number of rotatable bonds is 15. The molecule has 1 fully saturated rings. The van der Waals surface area contributed by atoms with E-state index in [9.17, 15) is 33.6 Å². The number of nitrogens with zero attached hydrogens (tertiary/aromatic N) is 1. The Labute approximate surface area is 333 Å². The van der Waals surface area contributed by atoms with Crippen molar-refractivity contribution in [3.8, 4) is 0 Å². The molecule has 3 aromatic rings. The molecule has 57 heavy (non-hydrogen) atoms. The molecule has 3 atom stereocenters. The van der Waals surface area contributed by atoms with Crippen molar-refractivity contribution in [1.82, 2.24) is 20.9 Å². The molecule has 0 radical (unpaired) electrons. The monoisotopic (exact) mass is 783 g/mol. The van der Waals surface area contributed by atoms with E-state index < -0.39 is 76.5 Å². The Morgan fingerprint density at radius 2 is 1.18 bits per heavy atom. The minimum Gasteiger partial charge on any atom is -0.458 e. The van der Waals surface area contributed by atoms with Crippen LogP contribution in [-0.2, 0) is 43.8 Å². The summed E-state index contributed by atoms with van der Waals surface area (Å²) in [6.45, 7) is 9.77. The Balaban J connectivity index is 1.68. The largest absolute Gasteiger partial charge is 0.458 e. The lowest BCUT2D eigenvalue weighted by atomic mass is 9.77. The van der Waals surface area contributed by atoms with E-state index >= 15 is 0 Å². The van der Waals surface area contributed by atoms with Crippen molar-refractivity contribution in [2.75, 3.05) is 0 Å². The van der Waals surface area contributed by atoms with Gasteiger partial charge in [0.1, 0.15) is 34.9 Å². The van der Waals surface area contributed by atoms with Crippen LogP contribution in [0.2, 0.25) is 0 Å². The number of hydrogen-bond acceptors (Lipinski definition) is 9. The molecule has 4 rings (SSSR count). The topological polar surface area (TPSA) is 203 Å². The minimum atomic E-state index is -1.46. The van der Waals surface area contributed by atoms with E-state index in [2.05, 4.69) is 16.0 Å². The lowest BCUT2D eigenvalue weighted by Gasteiger charge is -2.37. The van der Waals surface area contributed by atoms with Gasteiger partial charge >= 0.3 is 12.1 Å². The van der Waals surface area contributed by atoms with Gasteiger partial charge in [-0.3, -0.25) is 24.0 Å². The maximum Gasteiger partial charge on any atom is 0.417 e. The predicted molar refractivity (Wildman–Crippen MR) is 211 cm³/mol. The van der Waals surface area contributed by atoms with Gasteiger partial charge in [0, 0.05) is 19.3 Å². The number of nitrogens with two attached hydrogens (primary N) is 1. The van der Waals surface area contributed by atoms with Crippen LogP contribution < -0.4 is 21.7 Å². The zero-order chi connectivity index (χ0) is 42.0. The molecule has 304 valence electrons. The molecule has 14 heteroatoms. The first-order valence-electron chi connectivity index (χ1n) is 19.0. The number of likely N-dealkylation sites (tertiary alicyclic amines) is 1. The van der Waals surface area contributed by atoms with Crippen LogP contribution in [0.5, 0.6) is 0 Å². The fourth-order valence-corrected chi connectivity index (χ4v) is 6.52. The first-order valence-corrected chi connectivity index (χ1v) is 19.0. The molecule has 0 unspecified atom stereocenters. The smallest absolute Gasteiger partial charge is 0.417 e. The third-order valence-corrected chi connectivity index (χ3v) is 9.03. The van der Waals surface area contributed by atoms with Crippen molar-refractivity contribution >= 4 is 41.6 Å². The zero-order valence-corrected chi connectivity index (χ0v) is 33.3. The van der Waals surface area contributed by atoms with Crippen molar-refractivity contribution in [2.45, 2.75) is 115 Å². The van der Waals surface area contributed by atoms with Crippen LogP contribution in [0.1, 0.15) is 96.8 Å². The number of carbonyl (C=O) groups excluding carboxylic acids is 7. The lowest BCUT2D eigenvalue weighted by Crippen LogP contribution is -2.56. The Morgan fingerprint density at radius 1 is 0.702 bits per heavy atom. The van der Waals surface area contributed by atoms with E-state index in [1.807, 2.05) is 91.0 Å². The SMILES string of the molecule is CC(C)(C)OC(=O)[C@H](CCC(N)=O)NC(=O)[C@H](CCC(=O)NC(c1ccccc1)(c1ccccc1)c1ccccc1)NC(=O)[C@@H]1CCC(=O)N1C(=O)OC(C)(C)C. The van der Waals surface area contributed by atoms with Gasteiger partial charge in [-0.05, 0) is 77.5 Å². The van der Waals surface area contributed by atoms with E-state index in [4.69, 9.17) is 15.2 Å². The number of primary amides is 1. The number of benzene rings is 3. The fraction of sp³-hybridized carbons (Fsp3) is 0.419. The lowest BCUT2D eigenvalue weighted by molar-refractivity contribution is -0.159. The third-order valence-electron chi connectivity index (χ3n) is 9.03. The molecule has 0 aromatic heterocycles. The molecule has 0 saturated carbocycles. The summed E-state index contributed by atoms with van der Waals surface area (Å²) in [7, 11) is 0. The number of nitrogens with one attached hydrogen (secondary N) is 3. The Kier molecular flexibility index (Phi) is 14.3. The fourth-order valence-electron chi connectivity index (χ4n) is 6.52.